The Kier molecular flexibility index (Phi) is 3.50. The number of aryl methyl sites for hydroxylation is 2. The van der Waals surface area contributed by atoms with Gasteiger partial charge < -0.3 is 9.84 Å². The van der Waals surface area contributed by atoms with Gasteiger partial charge in [0.1, 0.15) is 5.82 Å². The van der Waals surface area contributed by atoms with Crippen molar-refractivity contribution in [1.29, 1.82) is 0 Å². The van der Waals surface area contributed by atoms with E-state index in [0.29, 0.717) is 12.2 Å². The molecule has 94 valence electrons. The second-order valence-corrected chi connectivity index (χ2v) is 4.95. The fourth-order valence-electron chi connectivity index (χ4n) is 2.68. The van der Waals surface area contributed by atoms with Gasteiger partial charge >= 0.3 is 0 Å². The number of rotatable bonds is 2. The third-order valence-electron chi connectivity index (χ3n) is 3.62. The third-order valence-corrected chi connectivity index (χ3v) is 3.62. The van der Waals surface area contributed by atoms with Gasteiger partial charge in [-0.25, -0.2) is 4.39 Å². The summed E-state index contributed by atoms with van der Waals surface area (Å²) in [5, 5.41) is 10.3. The van der Waals surface area contributed by atoms with E-state index in [1.165, 1.54) is 6.07 Å². The molecule has 1 aliphatic rings. The molecule has 0 amide bonds. The Hall–Kier alpha value is -0.930. The van der Waals surface area contributed by atoms with Crippen LogP contribution in [0, 0.1) is 25.6 Å². The maximum atomic E-state index is 13.9. The molecule has 1 N–H and O–H groups in total. The Morgan fingerprint density at radius 3 is 2.65 bits per heavy atom. The van der Waals surface area contributed by atoms with E-state index >= 15 is 0 Å². The molecule has 0 aliphatic carbocycles. The molecule has 0 saturated carbocycles. The SMILES string of the molecule is Cc1cc(C)c(C(O)C2CCOC2C)c(F)c1. The van der Waals surface area contributed by atoms with Crippen LogP contribution < -0.4 is 0 Å². The van der Waals surface area contributed by atoms with Gasteiger partial charge in [0, 0.05) is 18.1 Å². The molecule has 0 aromatic heterocycles. The summed E-state index contributed by atoms with van der Waals surface area (Å²) in [5.74, 6) is -0.319. The Bertz CT molecular complexity index is 394. The van der Waals surface area contributed by atoms with Crippen molar-refractivity contribution in [3.05, 3.63) is 34.6 Å². The van der Waals surface area contributed by atoms with Gasteiger partial charge in [0.2, 0.25) is 0 Å². The summed E-state index contributed by atoms with van der Waals surface area (Å²) in [5.41, 5.74) is 2.12. The van der Waals surface area contributed by atoms with E-state index in [2.05, 4.69) is 0 Å². The van der Waals surface area contributed by atoms with E-state index in [4.69, 9.17) is 4.74 Å². The lowest BCUT2D eigenvalue weighted by atomic mass is 9.88. The van der Waals surface area contributed by atoms with Crippen molar-refractivity contribution >= 4 is 0 Å². The highest BCUT2D eigenvalue weighted by Gasteiger charge is 2.33. The van der Waals surface area contributed by atoms with E-state index in [9.17, 15) is 9.50 Å². The van der Waals surface area contributed by atoms with Crippen molar-refractivity contribution in [2.45, 2.75) is 39.4 Å². The van der Waals surface area contributed by atoms with E-state index in [1.807, 2.05) is 26.8 Å². The van der Waals surface area contributed by atoms with Crippen molar-refractivity contribution < 1.29 is 14.2 Å². The van der Waals surface area contributed by atoms with Crippen molar-refractivity contribution in [3.8, 4) is 0 Å². The summed E-state index contributed by atoms with van der Waals surface area (Å²) < 4.78 is 19.4. The summed E-state index contributed by atoms with van der Waals surface area (Å²) in [6, 6.07) is 3.38. The van der Waals surface area contributed by atoms with Crippen molar-refractivity contribution in [2.24, 2.45) is 5.92 Å². The predicted octanol–water partition coefficient (Wildman–Crippen LogP) is 2.90. The van der Waals surface area contributed by atoms with Gasteiger partial charge in [-0.15, -0.1) is 0 Å². The Balaban J connectivity index is 2.33. The largest absolute Gasteiger partial charge is 0.388 e. The number of halogens is 1. The molecule has 2 nitrogen and oxygen atoms in total. The monoisotopic (exact) mass is 238 g/mol. The van der Waals surface area contributed by atoms with E-state index in [0.717, 1.165) is 17.5 Å². The molecule has 3 heteroatoms. The molecule has 1 fully saturated rings. The molecule has 17 heavy (non-hydrogen) atoms. The summed E-state index contributed by atoms with van der Waals surface area (Å²) in [6.45, 7) is 6.28. The second kappa shape index (κ2) is 4.75. The number of aliphatic hydroxyl groups excluding tert-OH is 1. The lowest BCUT2D eigenvalue weighted by Gasteiger charge is -2.23. The molecule has 1 aromatic rings. The molecule has 3 atom stereocenters. The van der Waals surface area contributed by atoms with Crippen molar-refractivity contribution in [3.63, 3.8) is 0 Å². The fraction of sp³-hybridized carbons (Fsp3) is 0.571. The number of aliphatic hydroxyl groups is 1. The van der Waals surface area contributed by atoms with Crippen molar-refractivity contribution in [2.75, 3.05) is 6.61 Å². The standard InChI is InChI=1S/C14H19FO2/c1-8-6-9(2)13(12(15)7-8)14(16)11-4-5-17-10(11)3/h6-7,10-11,14,16H,4-5H2,1-3H3. The molecule has 0 radical (unpaired) electrons. The average molecular weight is 238 g/mol. The minimum absolute atomic E-state index is 0.00842. The van der Waals surface area contributed by atoms with Crippen LogP contribution in [0.1, 0.15) is 36.1 Å². The number of benzene rings is 1. The molecular weight excluding hydrogens is 219 g/mol. The quantitative estimate of drug-likeness (QED) is 0.858. The molecule has 0 spiro atoms. The Labute approximate surface area is 101 Å². The maximum Gasteiger partial charge on any atom is 0.129 e. The first-order valence-electron chi connectivity index (χ1n) is 6.07. The molecular formula is C14H19FO2. The van der Waals surface area contributed by atoms with Crippen LogP contribution in [-0.2, 0) is 4.74 Å². The van der Waals surface area contributed by atoms with Gasteiger partial charge in [0.15, 0.2) is 0 Å². The first kappa shape index (κ1) is 12.5. The molecule has 1 aliphatic heterocycles. The first-order chi connectivity index (χ1) is 8.00. The zero-order valence-electron chi connectivity index (χ0n) is 10.5. The van der Waals surface area contributed by atoms with Crippen LogP contribution in [-0.4, -0.2) is 17.8 Å². The van der Waals surface area contributed by atoms with Gasteiger partial charge in [0.05, 0.1) is 12.2 Å². The Morgan fingerprint density at radius 2 is 2.12 bits per heavy atom. The van der Waals surface area contributed by atoms with Crippen LogP contribution in [0.25, 0.3) is 0 Å². The van der Waals surface area contributed by atoms with E-state index in [1.54, 1.807) is 0 Å². The van der Waals surface area contributed by atoms with Crippen molar-refractivity contribution in [1.82, 2.24) is 0 Å². The lowest BCUT2D eigenvalue weighted by molar-refractivity contribution is 0.0411. The lowest BCUT2D eigenvalue weighted by Crippen LogP contribution is -2.21. The van der Waals surface area contributed by atoms with Crippen LogP contribution in [0.2, 0.25) is 0 Å². The number of ether oxygens (including phenoxy) is 1. The van der Waals surface area contributed by atoms with E-state index in [-0.39, 0.29) is 17.8 Å². The molecule has 1 heterocycles. The third kappa shape index (κ3) is 2.35. The molecule has 3 unspecified atom stereocenters. The Morgan fingerprint density at radius 1 is 1.41 bits per heavy atom. The first-order valence-corrected chi connectivity index (χ1v) is 6.07. The van der Waals surface area contributed by atoms with Gasteiger partial charge in [-0.05, 0) is 44.4 Å². The highest BCUT2D eigenvalue weighted by atomic mass is 19.1. The second-order valence-electron chi connectivity index (χ2n) is 4.95. The number of hydrogen-bond acceptors (Lipinski definition) is 2. The van der Waals surface area contributed by atoms with Crippen LogP contribution >= 0.6 is 0 Å². The van der Waals surface area contributed by atoms with Gasteiger partial charge in [0.25, 0.3) is 0 Å². The minimum atomic E-state index is -0.770. The molecule has 0 bridgehead atoms. The van der Waals surface area contributed by atoms with Crippen LogP contribution in [0.3, 0.4) is 0 Å². The molecule has 2 rings (SSSR count). The molecule has 1 saturated heterocycles. The fourth-order valence-corrected chi connectivity index (χ4v) is 2.68. The zero-order valence-corrected chi connectivity index (χ0v) is 10.5. The average Bonchev–Trinajstić information content (AvgIpc) is 2.62. The zero-order chi connectivity index (χ0) is 12.6. The summed E-state index contributed by atoms with van der Waals surface area (Å²) in [7, 11) is 0. The summed E-state index contributed by atoms with van der Waals surface area (Å²) >= 11 is 0. The highest BCUT2D eigenvalue weighted by Crippen LogP contribution is 2.35. The smallest absolute Gasteiger partial charge is 0.129 e. The molecule has 1 aromatic carbocycles. The van der Waals surface area contributed by atoms with Gasteiger partial charge in [-0.3, -0.25) is 0 Å². The van der Waals surface area contributed by atoms with Gasteiger partial charge in [-0.2, -0.15) is 0 Å². The highest BCUT2D eigenvalue weighted by molar-refractivity contribution is 5.34. The van der Waals surface area contributed by atoms with Crippen LogP contribution in [0.5, 0.6) is 0 Å². The van der Waals surface area contributed by atoms with Crippen LogP contribution in [0.15, 0.2) is 12.1 Å². The van der Waals surface area contributed by atoms with Gasteiger partial charge in [-0.1, -0.05) is 6.07 Å². The predicted molar refractivity (Wildman–Crippen MR) is 64.4 cm³/mol. The topological polar surface area (TPSA) is 29.5 Å². The van der Waals surface area contributed by atoms with Crippen LogP contribution in [0.4, 0.5) is 4.39 Å². The number of hydrogen-bond donors (Lipinski definition) is 1. The summed E-state index contributed by atoms with van der Waals surface area (Å²) in [6.07, 6.45) is 0.00735. The summed E-state index contributed by atoms with van der Waals surface area (Å²) in [4.78, 5) is 0. The minimum Gasteiger partial charge on any atom is -0.388 e. The maximum absolute atomic E-state index is 13.9. The normalized spacial score (nSPS) is 26.2. The van der Waals surface area contributed by atoms with E-state index < -0.39 is 6.10 Å².